The topological polar surface area (TPSA) is 21.3 Å². The Morgan fingerprint density at radius 2 is 2.39 bits per heavy atom. The van der Waals surface area contributed by atoms with Gasteiger partial charge in [0, 0.05) is 12.6 Å². The van der Waals surface area contributed by atoms with E-state index < -0.39 is 0 Å². The summed E-state index contributed by atoms with van der Waals surface area (Å²) in [5.41, 5.74) is 2.19. The van der Waals surface area contributed by atoms with Crippen molar-refractivity contribution in [2.45, 2.75) is 44.2 Å². The molecule has 1 aliphatic heterocycles. The number of halogens is 1. The first-order valence-corrected chi connectivity index (χ1v) is 6.90. The number of ether oxygens (including phenoxy) is 1. The SMILES string of the molecule is CCNC1CCOC2(CCc3cc(F)ccc32)C1. The molecule has 1 saturated heterocycles. The van der Waals surface area contributed by atoms with Gasteiger partial charge in [0.05, 0.1) is 5.60 Å². The van der Waals surface area contributed by atoms with E-state index in [9.17, 15) is 4.39 Å². The first-order valence-electron chi connectivity index (χ1n) is 6.90. The number of nitrogens with one attached hydrogen (secondary N) is 1. The molecule has 1 N–H and O–H groups in total. The molecule has 1 aromatic rings. The minimum absolute atomic E-state index is 0.134. The molecule has 2 aliphatic rings. The van der Waals surface area contributed by atoms with E-state index in [1.807, 2.05) is 6.07 Å². The van der Waals surface area contributed by atoms with Crippen LogP contribution in [0.25, 0.3) is 0 Å². The highest BCUT2D eigenvalue weighted by molar-refractivity contribution is 5.38. The van der Waals surface area contributed by atoms with Gasteiger partial charge in [-0.25, -0.2) is 4.39 Å². The zero-order chi connectivity index (χ0) is 12.6. The summed E-state index contributed by atoms with van der Waals surface area (Å²) in [5.74, 6) is -0.134. The molecule has 2 unspecified atom stereocenters. The van der Waals surface area contributed by atoms with Gasteiger partial charge in [0.25, 0.3) is 0 Å². The standard InChI is InChI=1S/C15H20FNO/c1-2-17-13-6-8-18-15(10-13)7-5-11-9-12(16)3-4-14(11)15/h3-4,9,13,17H,2,5-8,10H2,1H3. The lowest BCUT2D eigenvalue weighted by Crippen LogP contribution is -2.44. The van der Waals surface area contributed by atoms with Gasteiger partial charge >= 0.3 is 0 Å². The van der Waals surface area contributed by atoms with Crippen molar-refractivity contribution in [1.29, 1.82) is 0 Å². The Morgan fingerprint density at radius 3 is 3.22 bits per heavy atom. The van der Waals surface area contributed by atoms with E-state index in [-0.39, 0.29) is 11.4 Å². The van der Waals surface area contributed by atoms with Crippen LogP contribution in [0.2, 0.25) is 0 Å². The van der Waals surface area contributed by atoms with Gasteiger partial charge in [0.1, 0.15) is 5.82 Å². The van der Waals surface area contributed by atoms with E-state index >= 15 is 0 Å². The molecule has 1 aliphatic carbocycles. The lowest BCUT2D eigenvalue weighted by atomic mass is 9.85. The van der Waals surface area contributed by atoms with Crippen LogP contribution >= 0.6 is 0 Å². The highest BCUT2D eigenvalue weighted by Crippen LogP contribution is 2.45. The highest BCUT2D eigenvalue weighted by atomic mass is 19.1. The number of fused-ring (bicyclic) bond motifs is 2. The van der Waals surface area contributed by atoms with Crippen molar-refractivity contribution >= 4 is 0 Å². The predicted molar refractivity (Wildman–Crippen MR) is 69.0 cm³/mol. The molecule has 1 aromatic carbocycles. The fraction of sp³-hybridized carbons (Fsp3) is 0.600. The van der Waals surface area contributed by atoms with Crippen LogP contribution in [0.3, 0.4) is 0 Å². The van der Waals surface area contributed by atoms with Crippen LogP contribution in [0, 0.1) is 5.82 Å². The van der Waals surface area contributed by atoms with Crippen LogP contribution in [0.15, 0.2) is 18.2 Å². The summed E-state index contributed by atoms with van der Waals surface area (Å²) < 4.78 is 19.4. The van der Waals surface area contributed by atoms with E-state index in [1.165, 1.54) is 5.56 Å². The van der Waals surface area contributed by atoms with E-state index in [1.54, 1.807) is 12.1 Å². The van der Waals surface area contributed by atoms with E-state index in [2.05, 4.69) is 12.2 Å². The second kappa shape index (κ2) is 4.63. The fourth-order valence-electron chi connectivity index (χ4n) is 3.47. The maximum absolute atomic E-state index is 13.3. The fourth-order valence-corrected chi connectivity index (χ4v) is 3.47. The average molecular weight is 249 g/mol. The van der Waals surface area contributed by atoms with Crippen molar-refractivity contribution in [3.05, 3.63) is 35.1 Å². The Hall–Kier alpha value is -0.930. The van der Waals surface area contributed by atoms with Gasteiger partial charge in [0.2, 0.25) is 0 Å². The molecule has 3 rings (SSSR count). The maximum Gasteiger partial charge on any atom is 0.123 e. The normalized spacial score (nSPS) is 30.7. The number of benzene rings is 1. The van der Waals surface area contributed by atoms with Gasteiger partial charge in [-0.2, -0.15) is 0 Å². The van der Waals surface area contributed by atoms with Crippen LogP contribution in [0.1, 0.15) is 37.3 Å². The second-order valence-electron chi connectivity index (χ2n) is 5.39. The van der Waals surface area contributed by atoms with E-state index in [0.29, 0.717) is 6.04 Å². The molecule has 1 fully saturated rings. The smallest absolute Gasteiger partial charge is 0.123 e. The zero-order valence-corrected chi connectivity index (χ0v) is 10.8. The quantitative estimate of drug-likeness (QED) is 0.870. The van der Waals surface area contributed by atoms with E-state index in [0.717, 1.165) is 44.4 Å². The van der Waals surface area contributed by atoms with Crippen molar-refractivity contribution < 1.29 is 9.13 Å². The van der Waals surface area contributed by atoms with Gasteiger partial charge < -0.3 is 10.1 Å². The Bertz CT molecular complexity index is 446. The Labute approximate surface area is 108 Å². The summed E-state index contributed by atoms with van der Waals surface area (Å²) in [6.45, 7) is 3.94. The molecule has 2 nitrogen and oxygen atoms in total. The lowest BCUT2D eigenvalue weighted by Gasteiger charge is -2.39. The van der Waals surface area contributed by atoms with Gasteiger partial charge in [0.15, 0.2) is 0 Å². The molecule has 0 bridgehead atoms. The monoisotopic (exact) mass is 249 g/mol. The summed E-state index contributed by atoms with van der Waals surface area (Å²) in [6.07, 6.45) is 4.02. The first-order chi connectivity index (χ1) is 8.73. The van der Waals surface area contributed by atoms with Crippen molar-refractivity contribution in [1.82, 2.24) is 5.32 Å². The van der Waals surface area contributed by atoms with Gasteiger partial charge in [-0.15, -0.1) is 0 Å². The summed E-state index contributed by atoms with van der Waals surface area (Å²) in [6, 6.07) is 5.68. The van der Waals surface area contributed by atoms with Gasteiger partial charge in [-0.3, -0.25) is 0 Å². The number of hydrogen-bond acceptors (Lipinski definition) is 2. The Balaban J connectivity index is 1.89. The summed E-state index contributed by atoms with van der Waals surface area (Å²) in [7, 11) is 0. The summed E-state index contributed by atoms with van der Waals surface area (Å²) in [5, 5.41) is 3.52. The second-order valence-corrected chi connectivity index (χ2v) is 5.39. The summed E-state index contributed by atoms with van der Waals surface area (Å²) in [4.78, 5) is 0. The van der Waals surface area contributed by atoms with Crippen molar-refractivity contribution in [3.8, 4) is 0 Å². The van der Waals surface area contributed by atoms with Crippen LogP contribution in [-0.4, -0.2) is 19.2 Å². The Kier molecular flexibility index (Phi) is 3.12. The van der Waals surface area contributed by atoms with Crippen LogP contribution in [0.4, 0.5) is 4.39 Å². The van der Waals surface area contributed by atoms with Gasteiger partial charge in [-0.1, -0.05) is 13.0 Å². The zero-order valence-electron chi connectivity index (χ0n) is 10.8. The number of rotatable bonds is 2. The summed E-state index contributed by atoms with van der Waals surface area (Å²) >= 11 is 0. The minimum atomic E-state index is -0.159. The predicted octanol–water partition coefficient (Wildman–Crippen LogP) is 2.76. The van der Waals surface area contributed by atoms with E-state index in [4.69, 9.17) is 4.74 Å². The molecular formula is C15H20FNO. The molecular weight excluding hydrogens is 229 g/mol. The molecule has 0 radical (unpaired) electrons. The molecule has 3 heteroatoms. The van der Waals surface area contributed by atoms with Crippen molar-refractivity contribution in [2.24, 2.45) is 0 Å². The largest absolute Gasteiger partial charge is 0.370 e. The Morgan fingerprint density at radius 1 is 1.50 bits per heavy atom. The molecule has 0 aromatic heterocycles. The molecule has 0 amide bonds. The minimum Gasteiger partial charge on any atom is -0.370 e. The molecule has 98 valence electrons. The lowest BCUT2D eigenvalue weighted by molar-refractivity contribution is -0.0927. The van der Waals surface area contributed by atoms with Crippen LogP contribution < -0.4 is 5.32 Å². The molecule has 2 atom stereocenters. The van der Waals surface area contributed by atoms with Crippen molar-refractivity contribution in [3.63, 3.8) is 0 Å². The third-order valence-electron chi connectivity index (χ3n) is 4.27. The molecule has 1 heterocycles. The first kappa shape index (κ1) is 12.1. The average Bonchev–Trinajstić information content (AvgIpc) is 2.68. The van der Waals surface area contributed by atoms with Crippen LogP contribution in [-0.2, 0) is 16.8 Å². The molecule has 0 saturated carbocycles. The number of aryl methyl sites for hydroxylation is 1. The van der Waals surface area contributed by atoms with Crippen LogP contribution in [0.5, 0.6) is 0 Å². The van der Waals surface area contributed by atoms with Gasteiger partial charge in [-0.05, 0) is 55.5 Å². The molecule has 1 spiro atoms. The third-order valence-corrected chi connectivity index (χ3v) is 4.27. The van der Waals surface area contributed by atoms with Crippen molar-refractivity contribution in [2.75, 3.05) is 13.2 Å². The third kappa shape index (κ3) is 1.95. The molecule has 18 heavy (non-hydrogen) atoms. The highest BCUT2D eigenvalue weighted by Gasteiger charge is 2.43. The maximum atomic E-state index is 13.3. The number of hydrogen-bond donors (Lipinski definition) is 1.